The van der Waals surface area contributed by atoms with Crippen LogP contribution in [0.1, 0.15) is 46.3 Å². The Labute approximate surface area is 157 Å². The standard InChI is InChI=1S/C20H21N5O2/c1-13-4-3-5-16(10-13)20(26)25-8-6-15(7-9-25)18-23-24-19(27-18)17-12-21-14(2)11-22-17/h3-5,10-12,15H,6-9H2,1-2H3. The van der Waals surface area contributed by atoms with Gasteiger partial charge in [0.25, 0.3) is 11.8 Å². The molecule has 7 heteroatoms. The number of amides is 1. The quantitative estimate of drug-likeness (QED) is 0.710. The van der Waals surface area contributed by atoms with E-state index in [1.807, 2.05) is 43.0 Å². The van der Waals surface area contributed by atoms with Gasteiger partial charge in [0.1, 0.15) is 5.69 Å². The van der Waals surface area contributed by atoms with Gasteiger partial charge in [0, 0.05) is 30.8 Å². The van der Waals surface area contributed by atoms with Crippen LogP contribution < -0.4 is 0 Å². The van der Waals surface area contributed by atoms with E-state index in [1.165, 1.54) is 0 Å². The number of hydrogen-bond donors (Lipinski definition) is 0. The maximum atomic E-state index is 12.7. The third-order valence-electron chi connectivity index (χ3n) is 4.84. The third-order valence-corrected chi connectivity index (χ3v) is 4.84. The molecule has 1 saturated heterocycles. The van der Waals surface area contributed by atoms with Gasteiger partial charge in [-0.05, 0) is 38.8 Å². The summed E-state index contributed by atoms with van der Waals surface area (Å²) in [6.07, 6.45) is 4.92. The molecule has 0 bridgehead atoms. The van der Waals surface area contributed by atoms with Crippen molar-refractivity contribution in [3.63, 3.8) is 0 Å². The van der Waals surface area contributed by atoms with Crippen molar-refractivity contribution in [2.24, 2.45) is 0 Å². The third kappa shape index (κ3) is 3.72. The zero-order valence-electron chi connectivity index (χ0n) is 15.4. The molecular weight excluding hydrogens is 342 g/mol. The molecule has 2 aromatic heterocycles. The summed E-state index contributed by atoms with van der Waals surface area (Å²) >= 11 is 0. The zero-order valence-corrected chi connectivity index (χ0v) is 15.4. The van der Waals surface area contributed by atoms with Gasteiger partial charge in [0.05, 0.1) is 11.9 Å². The van der Waals surface area contributed by atoms with Crippen molar-refractivity contribution in [3.8, 4) is 11.6 Å². The lowest BCUT2D eigenvalue weighted by Gasteiger charge is -2.30. The van der Waals surface area contributed by atoms with Crippen LogP contribution in [0.15, 0.2) is 41.1 Å². The number of carbonyl (C=O) groups is 1. The Morgan fingerprint density at radius 1 is 1.11 bits per heavy atom. The molecule has 7 nitrogen and oxygen atoms in total. The van der Waals surface area contributed by atoms with Crippen LogP contribution in [0.5, 0.6) is 0 Å². The van der Waals surface area contributed by atoms with Crippen molar-refractivity contribution in [3.05, 3.63) is 59.4 Å². The molecule has 0 saturated carbocycles. The maximum absolute atomic E-state index is 12.7. The molecule has 1 aliphatic heterocycles. The molecule has 0 unspecified atom stereocenters. The Hall–Kier alpha value is -3.09. The summed E-state index contributed by atoms with van der Waals surface area (Å²) < 4.78 is 5.82. The van der Waals surface area contributed by atoms with Gasteiger partial charge in [0.15, 0.2) is 0 Å². The van der Waals surface area contributed by atoms with Gasteiger partial charge >= 0.3 is 0 Å². The molecule has 0 radical (unpaired) electrons. The molecule has 0 aliphatic carbocycles. The first kappa shape index (κ1) is 17.3. The van der Waals surface area contributed by atoms with E-state index < -0.39 is 0 Å². The predicted octanol–water partition coefficient (Wildman–Crippen LogP) is 3.16. The van der Waals surface area contributed by atoms with Gasteiger partial charge in [-0.2, -0.15) is 0 Å². The SMILES string of the molecule is Cc1cccc(C(=O)N2CCC(c3nnc(-c4cnc(C)cn4)o3)CC2)c1. The Bertz CT molecular complexity index is 943. The Morgan fingerprint density at radius 2 is 1.93 bits per heavy atom. The Kier molecular flexibility index (Phi) is 4.66. The highest BCUT2D eigenvalue weighted by Gasteiger charge is 2.28. The van der Waals surface area contributed by atoms with Gasteiger partial charge < -0.3 is 9.32 Å². The molecule has 3 heterocycles. The topological polar surface area (TPSA) is 85.0 Å². The first-order chi connectivity index (χ1) is 13.1. The lowest BCUT2D eigenvalue weighted by atomic mass is 9.96. The van der Waals surface area contributed by atoms with Crippen molar-refractivity contribution < 1.29 is 9.21 Å². The normalized spacial score (nSPS) is 15.1. The van der Waals surface area contributed by atoms with E-state index in [0.717, 1.165) is 29.7 Å². The van der Waals surface area contributed by atoms with E-state index >= 15 is 0 Å². The minimum Gasteiger partial charge on any atom is -0.419 e. The molecule has 0 spiro atoms. The van der Waals surface area contributed by atoms with E-state index in [1.54, 1.807) is 12.4 Å². The molecule has 4 rings (SSSR count). The summed E-state index contributed by atoms with van der Waals surface area (Å²) in [5, 5.41) is 8.29. The van der Waals surface area contributed by atoms with Crippen LogP contribution in [-0.2, 0) is 0 Å². The summed E-state index contributed by atoms with van der Waals surface area (Å²) in [5.74, 6) is 1.23. The molecule has 138 valence electrons. The van der Waals surface area contributed by atoms with Gasteiger partial charge in [-0.1, -0.05) is 17.7 Å². The Balaban J connectivity index is 1.41. The van der Waals surface area contributed by atoms with Crippen molar-refractivity contribution in [1.82, 2.24) is 25.1 Å². The summed E-state index contributed by atoms with van der Waals surface area (Å²) in [7, 11) is 0. The number of aryl methyl sites for hydroxylation is 2. The van der Waals surface area contributed by atoms with Crippen LogP contribution >= 0.6 is 0 Å². The largest absolute Gasteiger partial charge is 0.419 e. The second kappa shape index (κ2) is 7.26. The monoisotopic (exact) mass is 363 g/mol. The average molecular weight is 363 g/mol. The molecule has 1 fully saturated rings. The number of piperidine rings is 1. The van der Waals surface area contributed by atoms with Crippen LogP contribution in [0.4, 0.5) is 0 Å². The van der Waals surface area contributed by atoms with Crippen LogP contribution in [0.2, 0.25) is 0 Å². The number of carbonyl (C=O) groups excluding carboxylic acids is 1. The lowest BCUT2D eigenvalue weighted by Crippen LogP contribution is -2.38. The minimum atomic E-state index is 0.0818. The molecular formula is C20H21N5O2. The van der Waals surface area contributed by atoms with E-state index in [-0.39, 0.29) is 11.8 Å². The van der Waals surface area contributed by atoms with Crippen molar-refractivity contribution >= 4 is 5.91 Å². The number of hydrogen-bond acceptors (Lipinski definition) is 6. The summed E-state index contributed by atoms with van der Waals surface area (Å²) in [5.41, 5.74) is 3.25. The van der Waals surface area contributed by atoms with Crippen molar-refractivity contribution in [1.29, 1.82) is 0 Å². The molecule has 0 N–H and O–H groups in total. The fourth-order valence-electron chi connectivity index (χ4n) is 3.30. The highest BCUT2D eigenvalue weighted by Crippen LogP contribution is 2.29. The summed E-state index contributed by atoms with van der Waals surface area (Å²) in [6, 6.07) is 7.72. The average Bonchev–Trinajstić information content (AvgIpc) is 3.18. The lowest BCUT2D eigenvalue weighted by molar-refractivity contribution is 0.0706. The smallest absolute Gasteiger partial charge is 0.267 e. The number of likely N-dealkylation sites (tertiary alicyclic amines) is 1. The zero-order chi connectivity index (χ0) is 18.8. The van der Waals surface area contributed by atoms with Gasteiger partial charge in [-0.15, -0.1) is 10.2 Å². The van der Waals surface area contributed by atoms with Gasteiger partial charge in [-0.25, -0.2) is 4.98 Å². The first-order valence-electron chi connectivity index (χ1n) is 9.08. The van der Waals surface area contributed by atoms with Crippen LogP contribution in [-0.4, -0.2) is 44.1 Å². The van der Waals surface area contributed by atoms with Crippen LogP contribution in [0.3, 0.4) is 0 Å². The minimum absolute atomic E-state index is 0.0818. The van der Waals surface area contributed by atoms with Gasteiger partial charge in [0.2, 0.25) is 5.89 Å². The van der Waals surface area contributed by atoms with Gasteiger partial charge in [-0.3, -0.25) is 9.78 Å². The number of aromatic nitrogens is 4. The highest BCUT2D eigenvalue weighted by atomic mass is 16.4. The fraction of sp³-hybridized carbons (Fsp3) is 0.350. The Morgan fingerprint density at radius 3 is 2.63 bits per heavy atom. The van der Waals surface area contributed by atoms with E-state index in [4.69, 9.17) is 4.42 Å². The van der Waals surface area contributed by atoms with Crippen molar-refractivity contribution in [2.45, 2.75) is 32.6 Å². The highest BCUT2D eigenvalue weighted by molar-refractivity contribution is 5.94. The predicted molar refractivity (Wildman–Crippen MR) is 99.1 cm³/mol. The molecule has 0 atom stereocenters. The molecule has 1 aromatic carbocycles. The van der Waals surface area contributed by atoms with E-state index in [0.29, 0.717) is 30.6 Å². The number of nitrogens with zero attached hydrogens (tertiary/aromatic N) is 5. The van der Waals surface area contributed by atoms with Crippen molar-refractivity contribution in [2.75, 3.05) is 13.1 Å². The van der Waals surface area contributed by atoms with Crippen LogP contribution in [0.25, 0.3) is 11.6 Å². The summed E-state index contributed by atoms with van der Waals surface area (Å²) in [6.45, 7) is 5.23. The second-order valence-electron chi connectivity index (χ2n) is 6.92. The van der Waals surface area contributed by atoms with E-state index in [9.17, 15) is 4.79 Å². The summed E-state index contributed by atoms with van der Waals surface area (Å²) in [4.78, 5) is 23.0. The maximum Gasteiger partial charge on any atom is 0.267 e. The van der Waals surface area contributed by atoms with E-state index in [2.05, 4.69) is 20.2 Å². The molecule has 27 heavy (non-hydrogen) atoms. The molecule has 1 aliphatic rings. The molecule has 1 amide bonds. The number of benzene rings is 1. The first-order valence-corrected chi connectivity index (χ1v) is 9.08. The fourth-order valence-corrected chi connectivity index (χ4v) is 3.30. The second-order valence-corrected chi connectivity index (χ2v) is 6.92. The van der Waals surface area contributed by atoms with Crippen LogP contribution in [0, 0.1) is 13.8 Å². The molecule has 3 aromatic rings. The number of rotatable bonds is 3.